The van der Waals surface area contributed by atoms with Crippen LogP contribution in [-0.4, -0.2) is 32.8 Å². The molecule has 0 bridgehead atoms. The zero-order valence-corrected chi connectivity index (χ0v) is 11.7. The van der Waals surface area contributed by atoms with Gasteiger partial charge in [0, 0.05) is 25.8 Å². The van der Waals surface area contributed by atoms with Crippen molar-refractivity contribution in [2.24, 2.45) is 0 Å². The van der Waals surface area contributed by atoms with Gasteiger partial charge in [-0.1, -0.05) is 12.1 Å². The van der Waals surface area contributed by atoms with Crippen LogP contribution in [0.5, 0.6) is 0 Å². The Morgan fingerprint density at radius 3 is 3.00 bits per heavy atom. The maximum Gasteiger partial charge on any atom is 0.0644 e. The first-order chi connectivity index (χ1) is 8.68. The Labute approximate surface area is 110 Å². The molecule has 0 saturated heterocycles. The van der Waals surface area contributed by atoms with Crippen molar-refractivity contribution in [3.63, 3.8) is 0 Å². The summed E-state index contributed by atoms with van der Waals surface area (Å²) in [6.45, 7) is 7.96. The van der Waals surface area contributed by atoms with Crippen LogP contribution in [0.15, 0.2) is 18.2 Å². The lowest BCUT2D eigenvalue weighted by atomic mass is 9.99. The first-order valence-corrected chi connectivity index (χ1v) is 6.82. The number of benzene rings is 1. The number of rotatable bonds is 5. The SMILES string of the molecule is CC(C)OCCN(C)c1cccc2c1CNCC2. The van der Waals surface area contributed by atoms with E-state index in [1.165, 1.54) is 16.8 Å². The lowest BCUT2D eigenvalue weighted by Crippen LogP contribution is -2.29. The third-order valence-corrected chi connectivity index (χ3v) is 3.41. The molecule has 1 aromatic rings. The summed E-state index contributed by atoms with van der Waals surface area (Å²) in [6.07, 6.45) is 1.45. The van der Waals surface area contributed by atoms with Crippen molar-refractivity contribution in [1.82, 2.24) is 5.32 Å². The second-order valence-corrected chi connectivity index (χ2v) is 5.18. The van der Waals surface area contributed by atoms with Crippen LogP contribution < -0.4 is 10.2 Å². The fraction of sp³-hybridized carbons (Fsp3) is 0.600. The van der Waals surface area contributed by atoms with Crippen LogP contribution in [0.4, 0.5) is 5.69 Å². The Morgan fingerprint density at radius 2 is 2.22 bits per heavy atom. The van der Waals surface area contributed by atoms with Crippen molar-refractivity contribution >= 4 is 5.69 Å². The molecule has 0 atom stereocenters. The number of hydrogen-bond acceptors (Lipinski definition) is 3. The van der Waals surface area contributed by atoms with Gasteiger partial charge in [0.05, 0.1) is 12.7 Å². The summed E-state index contributed by atoms with van der Waals surface area (Å²) >= 11 is 0. The van der Waals surface area contributed by atoms with Gasteiger partial charge < -0.3 is 15.0 Å². The van der Waals surface area contributed by atoms with Crippen molar-refractivity contribution < 1.29 is 4.74 Å². The van der Waals surface area contributed by atoms with E-state index in [-0.39, 0.29) is 0 Å². The Balaban J connectivity index is 2.03. The first-order valence-electron chi connectivity index (χ1n) is 6.82. The summed E-state index contributed by atoms with van der Waals surface area (Å²) in [7, 11) is 2.15. The number of nitrogens with zero attached hydrogens (tertiary/aromatic N) is 1. The maximum atomic E-state index is 5.62. The molecule has 100 valence electrons. The highest BCUT2D eigenvalue weighted by atomic mass is 16.5. The van der Waals surface area contributed by atoms with E-state index in [9.17, 15) is 0 Å². The van der Waals surface area contributed by atoms with Gasteiger partial charge >= 0.3 is 0 Å². The molecule has 0 aromatic heterocycles. The van der Waals surface area contributed by atoms with Crippen LogP contribution in [0.1, 0.15) is 25.0 Å². The molecule has 1 heterocycles. The summed E-state index contributed by atoms with van der Waals surface area (Å²) in [6, 6.07) is 6.62. The van der Waals surface area contributed by atoms with Crippen molar-refractivity contribution in [1.29, 1.82) is 0 Å². The monoisotopic (exact) mass is 248 g/mol. The highest BCUT2D eigenvalue weighted by Crippen LogP contribution is 2.25. The molecule has 0 amide bonds. The van der Waals surface area contributed by atoms with E-state index in [0.29, 0.717) is 6.10 Å². The molecule has 1 aliphatic rings. The van der Waals surface area contributed by atoms with Gasteiger partial charge in [0.25, 0.3) is 0 Å². The van der Waals surface area contributed by atoms with Gasteiger partial charge in [-0.15, -0.1) is 0 Å². The third kappa shape index (κ3) is 3.24. The molecular formula is C15H24N2O. The Morgan fingerprint density at radius 1 is 1.39 bits per heavy atom. The van der Waals surface area contributed by atoms with Gasteiger partial charge in [0.1, 0.15) is 0 Å². The van der Waals surface area contributed by atoms with E-state index >= 15 is 0 Å². The minimum atomic E-state index is 0.310. The number of likely N-dealkylation sites (N-methyl/N-ethyl adjacent to an activating group) is 1. The zero-order valence-electron chi connectivity index (χ0n) is 11.7. The first kappa shape index (κ1) is 13.4. The smallest absolute Gasteiger partial charge is 0.0644 e. The van der Waals surface area contributed by atoms with Gasteiger partial charge in [-0.2, -0.15) is 0 Å². The molecule has 0 saturated carbocycles. The summed E-state index contributed by atoms with van der Waals surface area (Å²) in [5, 5.41) is 3.45. The molecule has 3 heteroatoms. The van der Waals surface area contributed by atoms with Gasteiger partial charge in [-0.25, -0.2) is 0 Å². The van der Waals surface area contributed by atoms with Gasteiger partial charge in [0.2, 0.25) is 0 Å². The van der Waals surface area contributed by atoms with Crippen LogP contribution in [0.25, 0.3) is 0 Å². The second-order valence-electron chi connectivity index (χ2n) is 5.18. The van der Waals surface area contributed by atoms with E-state index in [2.05, 4.69) is 49.3 Å². The Kier molecular flexibility index (Phi) is 4.61. The third-order valence-electron chi connectivity index (χ3n) is 3.41. The molecule has 0 unspecified atom stereocenters. The molecule has 1 N–H and O–H groups in total. The molecule has 0 aliphatic carbocycles. The van der Waals surface area contributed by atoms with Crippen molar-refractivity contribution in [3.8, 4) is 0 Å². The molecule has 18 heavy (non-hydrogen) atoms. The van der Waals surface area contributed by atoms with Crippen molar-refractivity contribution in [3.05, 3.63) is 29.3 Å². The fourth-order valence-corrected chi connectivity index (χ4v) is 2.40. The largest absolute Gasteiger partial charge is 0.377 e. The predicted octanol–water partition coefficient (Wildman–Crippen LogP) is 2.19. The molecule has 3 nitrogen and oxygen atoms in total. The average Bonchev–Trinajstić information content (AvgIpc) is 2.37. The fourth-order valence-electron chi connectivity index (χ4n) is 2.40. The van der Waals surface area contributed by atoms with E-state index < -0.39 is 0 Å². The number of anilines is 1. The average molecular weight is 248 g/mol. The Hall–Kier alpha value is -1.06. The van der Waals surface area contributed by atoms with Crippen LogP contribution in [0.2, 0.25) is 0 Å². The van der Waals surface area contributed by atoms with Gasteiger partial charge in [0.15, 0.2) is 0 Å². The van der Waals surface area contributed by atoms with E-state index in [0.717, 1.165) is 32.7 Å². The summed E-state index contributed by atoms with van der Waals surface area (Å²) in [4.78, 5) is 2.30. The summed E-state index contributed by atoms with van der Waals surface area (Å²) < 4.78 is 5.62. The highest BCUT2D eigenvalue weighted by molar-refractivity contribution is 5.57. The predicted molar refractivity (Wildman–Crippen MR) is 76.2 cm³/mol. The molecule has 0 spiro atoms. The van der Waals surface area contributed by atoms with Gasteiger partial charge in [-0.3, -0.25) is 0 Å². The molecular weight excluding hydrogens is 224 g/mol. The minimum absolute atomic E-state index is 0.310. The van der Waals surface area contributed by atoms with Crippen LogP contribution in [0, 0.1) is 0 Å². The van der Waals surface area contributed by atoms with Crippen LogP contribution in [0.3, 0.4) is 0 Å². The number of ether oxygens (including phenoxy) is 1. The standard InChI is InChI=1S/C15H24N2O/c1-12(2)18-10-9-17(3)15-6-4-5-13-7-8-16-11-14(13)15/h4-6,12,16H,7-11H2,1-3H3. The van der Waals surface area contributed by atoms with E-state index in [1.807, 2.05) is 0 Å². The van der Waals surface area contributed by atoms with Crippen LogP contribution in [-0.2, 0) is 17.7 Å². The van der Waals surface area contributed by atoms with Crippen molar-refractivity contribution in [2.45, 2.75) is 32.9 Å². The molecule has 1 aliphatic heterocycles. The lowest BCUT2D eigenvalue weighted by molar-refractivity contribution is 0.0846. The molecule has 0 fully saturated rings. The van der Waals surface area contributed by atoms with Crippen molar-refractivity contribution in [2.75, 3.05) is 31.6 Å². The topological polar surface area (TPSA) is 24.5 Å². The van der Waals surface area contributed by atoms with E-state index in [1.54, 1.807) is 0 Å². The molecule has 1 aromatic carbocycles. The zero-order chi connectivity index (χ0) is 13.0. The summed E-state index contributed by atoms with van der Waals surface area (Å²) in [5.74, 6) is 0. The van der Waals surface area contributed by atoms with E-state index in [4.69, 9.17) is 4.74 Å². The Bertz CT molecular complexity index is 390. The molecule has 2 rings (SSSR count). The summed E-state index contributed by atoms with van der Waals surface area (Å²) in [5.41, 5.74) is 4.28. The quantitative estimate of drug-likeness (QED) is 0.864. The number of hydrogen-bond donors (Lipinski definition) is 1. The number of nitrogens with one attached hydrogen (secondary N) is 1. The lowest BCUT2D eigenvalue weighted by Gasteiger charge is -2.27. The normalized spacial score (nSPS) is 14.7. The van der Waals surface area contributed by atoms with Gasteiger partial charge in [-0.05, 0) is 44.0 Å². The highest BCUT2D eigenvalue weighted by Gasteiger charge is 2.14. The second kappa shape index (κ2) is 6.21. The minimum Gasteiger partial charge on any atom is -0.377 e. The molecule has 0 radical (unpaired) electrons. The number of fused-ring (bicyclic) bond motifs is 1. The van der Waals surface area contributed by atoms with Crippen LogP contribution >= 0.6 is 0 Å². The maximum absolute atomic E-state index is 5.62.